The fourth-order valence-electron chi connectivity index (χ4n) is 1.74. The number of benzene rings is 1. The van der Waals surface area contributed by atoms with Gasteiger partial charge in [0.25, 0.3) is 5.91 Å². The van der Waals surface area contributed by atoms with Gasteiger partial charge in [-0.25, -0.2) is 0 Å². The Balaban J connectivity index is 1.84. The van der Waals surface area contributed by atoms with Crippen molar-refractivity contribution in [3.05, 3.63) is 59.9 Å². The van der Waals surface area contributed by atoms with E-state index in [1.54, 1.807) is 41.3 Å². The van der Waals surface area contributed by atoms with Crippen LogP contribution in [0.2, 0.25) is 5.02 Å². The summed E-state index contributed by atoms with van der Waals surface area (Å²) in [5.41, 5.74) is 1.11. The largest absolute Gasteiger partial charge is 0.350 e. The Hall–Kier alpha value is -2.60. The number of rotatable bonds is 6. The highest BCUT2D eigenvalue weighted by molar-refractivity contribution is 6.30. The molecule has 2 N–H and O–H groups in total. The number of hydrogen-bond donors (Lipinski definition) is 2. The molecule has 0 aliphatic heterocycles. The molecule has 22 heavy (non-hydrogen) atoms. The van der Waals surface area contributed by atoms with Gasteiger partial charge in [-0.2, -0.15) is 5.10 Å². The van der Waals surface area contributed by atoms with Gasteiger partial charge in [0.15, 0.2) is 0 Å². The molecular formula is C15H15ClN4O2. The van der Waals surface area contributed by atoms with Gasteiger partial charge in [-0.3, -0.25) is 14.3 Å². The van der Waals surface area contributed by atoms with Crippen LogP contribution < -0.4 is 10.6 Å². The number of halogens is 1. The third-order valence-corrected chi connectivity index (χ3v) is 3.02. The minimum absolute atomic E-state index is 0.195. The van der Waals surface area contributed by atoms with Gasteiger partial charge >= 0.3 is 0 Å². The molecule has 0 atom stereocenters. The van der Waals surface area contributed by atoms with E-state index in [0.29, 0.717) is 29.4 Å². The SMILES string of the molecule is C=CC(=O)Nc1ccc(C(=O)NCCn2cc(Cl)cn2)cc1. The Morgan fingerprint density at radius 3 is 2.64 bits per heavy atom. The first-order valence-corrected chi connectivity index (χ1v) is 6.96. The highest BCUT2D eigenvalue weighted by Gasteiger charge is 2.05. The van der Waals surface area contributed by atoms with Gasteiger partial charge in [0.05, 0.1) is 17.8 Å². The summed E-state index contributed by atoms with van der Waals surface area (Å²) in [5.74, 6) is -0.491. The molecule has 6 nitrogen and oxygen atoms in total. The molecular weight excluding hydrogens is 304 g/mol. The molecule has 0 aliphatic rings. The summed E-state index contributed by atoms with van der Waals surface area (Å²) in [5, 5.41) is 9.97. The van der Waals surface area contributed by atoms with Crippen LogP contribution in [-0.2, 0) is 11.3 Å². The fourth-order valence-corrected chi connectivity index (χ4v) is 1.90. The number of hydrogen-bond acceptors (Lipinski definition) is 3. The second-order valence-electron chi connectivity index (χ2n) is 4.45. The lowest BCUT2D eigenvalue weighted by atomic mass is 10.2. The molecule has 7 heteroatoms. The Morgan fingerprint density at radius 2 is 2.05 bits per heavy atom. The summed E-state index contributed by atoms with van der Waals surface area (Å²) in [7, 11) is 0. The van der Waals surface area contributed by atoms with Gasteiger partial charge in [-0.1, -0.05) is 18.2 Å². The molecule has 0 spiro atoms. The molecule has 0 aliphatic carbocycles. The standard InChI is InChI=1S/C15H15ClN4O2/c1-2-14(21)19-13-5-3-11(4-6-13)15(22)17-7-8-20-10-12(16)9-18-20/h2-6,9-10H,1,7-8H2,(H,17,22)(H,19,21). The van der Waals surface area contributed by atoms with E-state index in [9.17, 15) is 9.59 Å². The molecule has 114 valence electrons. The van der Waals surface area contributed by atoms with Gasteiger partial charge in [-0.05, 0) is 30.3 Å². The maximum absolute atomic E-state index is 12.0. The van der Waals surface area contributed by atoms with Crippen molar-refractivity contribution in [2.45, 2.75) is 6.54 Å². The van der Waals surface area contributed by atoms with Crippen molar-refractivity contribution < 1.29 is 9.59 Å². The normalized spacial score (nSPS) is 10.0. The predicted octanol–water partition coefficient (Wildman–Crippen LogP) is 2.09. The Morgan fingerprint density at radius 1 is 1.32 bits per heavy atom. The molecule has 0 bridgehead atoms. The molecule has 2 aromatic rings. The van der Waals surface area contributed by atoms with E-state index in [1.807, 2.05) is 0 Å². The second kappa shape index (κ2) is 7.42. The molecule has 1 aromatic heterocycles. The Labute approximate surface area is 132 Å². The summed E-state index contributed by atoms with van der Waals surface area (Å²) in [4.78, 5) is 23.1. The number of carbonyl (C=O) groups excluding carboxylic acids is 2. The number of amides is 2. The molecule has 2 amide bonds. The molecule has 0 saturated carbocycles. The number of aromatic nitrogens is 2. The first kappa shape index (κ1) is 15.8. The highest BCUT2D eigenvalue weighted by atomic mass is 35.5. The molecule has 0 fully saturated rings. The maximum Gasteiger partial charge on any atom is 0.251 e. The fraction of sp³-hybridized carbons (Fsp3) is 0.133. The van der Waals surface area contributed by atoms with E-state index >= 15 is 0 Å². The van der Waals surface area contributed by atoms with Crippen LogP contribution >= 0.6 is 11.6 Å². The van der Waals surface area contributed by atoms with E-state index in [4.69, 9.17) is 11.6 Å². The second-order valence-corrected chi connectivity index (χ2v) is 4.88. The monoisotopic (exact) mass is 318 g/mol. The first-order chi connectivity index (χ1) is 10.6. The lowest BCUT2D eigenvalue weighted by Gasteiger charge is -2.07. The average molecular weight is 319 g/mol. The quantitative estimate of drug-likeness (QED) is 0.801. The van der Waals surface area contributed by atoms with Crippen LogP contribution in [0.5, 0.6) is 0 Å². The molecule has 0 unspecified atom stereocenters. The topological polar surface area (TPSA) is 76.0 Å². The van der Waals surface area contributed by atoms with Gasteiger partial charge in [-0.15, -0.1) is 0 Å². The van der Waals surface area contributed by atoms with Crippen LogP contribution in [-0.4, -0.2) is 28.1 Å². The molecule has 2 rings (SSSR count). The van der Waals surface area contributed by atoms with Crippen LogP contribution in [0.3, 0.4) is 0 Å². The molecule has 1 heterocycles. The number of carbonyl (C=O) groups is 2. The van der Waals surface area contributed by atoms with Crippen LogP contribution in [0.1, 0.15) is 10.4 Å². The van der Waals surface area contributed by atoms with Crippen molar-refractivity contribution in [2.75, 3.05) is 11.9 Å². The smallest absolute Gasteiger partial charge is 0.251 e. The van der Waals surface area contributed by atoms with Gasteiger partial charge in [0.2, 0.25) is 5.91 Å². The van der Waals surface area contributed by atoms with E-state index in [2.05, 4.69) is 22.3 Å². The molecule has 0 saturated heterocycles. The third-order valence-electron chi connectivity index (χ3n) is 2.83. The van der Waals surface area contributed by atoms with E-state index in [1.165, 1.54) is 6.08 Å². The zero-order chi connectivity index (χ0) is 15.9. The molecule has 0 radical (unpaired) electrons. The lowest BCUT2D eigenvalue weighted by molar-refractivity contribution is -0.111. The van der Waals surface area contributed by atoms with Crippen molar-refractivity contribution in [1.82, 2.24) is 15.1 Å². The number of anilines is 1. The van der Waals surface area contributed by atoms with Gasteiger partial charge in [0, 0.05) is 24.0 Å². The van der Waals surface area contributed by atoms with Crippen molar-refractivity contribution in [3.63, 3.8) is 0 Å². The summed E-state index contributed by atoms with van der Waals surface area (Å²) < 4.78 is 1.65. The molecule has 1 aromatic carbocycles. The maximum atomic E-state index is 12.0. The minimum Gasteiger partial charge on any atom is -0.350 e. The first-order valence-electron chi connectivity index (χ1n) is 6.58. The summed E-state index contributed by atoms with van der Waals surface area (Å²) in [6.07, 6.45) is 4.41. The Kier molecular flexibility index (Phi) is 5.32. The zero-order valence-corrected chi connectivity index (χ0v) is 12.5. The van der Waals surface area contributed by atoms with Gasteiger partial charge < -0.3 is 10.6 Å². The average Bonchev–Trinajstić information content (AvgIpc) is 2.93. The summed E-state index contributed by atoms with van der Waals surface area (Å²) in [6.45, 7) is 4.34. The zero-order valence-electron chi connectivity index (χ0n) is 11.8. The van der Waals surface area contributed by atoms with Crippen LogP contribution in [0.15, 0.2) is 49.3 Å². The third kappa shape index (κ3) is 4.46. The van der Waals surface area contributed by atoms with Crippen molar-refractivity contribution in [1.29, 1.82) is 0 Å². The summed E-state index contributed by atoms with van der Waals surface area (Å²) in [6, 6.07) is 6.59. The van der Waals surface area contributed by atoms with Crippen molar-refractivity contribution >= 4 is 29.1 Å². The summed E-state index contributed by atoms with van der Waals surface area (Å²) >= 11 is 5.75. The van der Waals surface area contributed by atoms with E-state index in [-0.39, 0.29) is 11.8 Å². The van der Waals surface area contributed by atoms with Crippen molar-refractivity contribution in [2.24, 2.45) is 0 Å². The predicted molar refractivity (Wildman–Crippen MR) is 84.8 cm³/mol. The Bertz CT molecular complexity index is 679. The van der Waals surface area contributed by atoms with Gasteiger partial charge in [0.1, 0.15) is 0 Å². The van der Waals surface area contributed by atoms with Crippen LogP contribution in [0.4, 0.5) is 5.69 Å². The minimum atomic E-state index is -0.296. The lowest BCUT2D eigenvalue weighted by Crippen LogP contribution is -2.27. The van der Waals surface area contributed by atoms with E-state index < -0.39 is 0 Å². The number of nitrogens with one attached hydrogen (secondary N) is 2. The number of nitrogens with zero attached hydrogens (tertiary/aromatic N) is 2. The van der Waals surface area contributed by atoms with E-state index in [0.717, 1.165) is 0 Å². The van der Waals surface area contributed by atoms with Crippen molar-refractivity contribution in [3.8, 4) is 0 Å². The highest BCUT2D eigenvalue weighted by Crippen LogP contribution is 2.09. The van der Waals surface area contributed by atoms with Crippen LogP contribution in [0, 0.1) is 0 Å². The van der Waals surface area contributed by atoms with Crippen LogP contribution in [0.25, 0.3) is 0 Å².